The maximum Gasteiger partial charge on any atom is 0.145 e. The topological polar surface area (TPSA) is 89.7 Å². The number of H-pyrrole nitrogens is 1. The summed E-state index contributed by atoms with van der Waals surface area (Å²) < 4.78 is 5.76. The van der Waals surface area contributed by atoms with E-state index in [1.807, 2.05) is 6.07 Å². The van der Waals surface area contributed by atoms with Gasteiger partial charge in [0.1, 0.15) is 23.1 Å². The second-order valence-electron chi connectivity index (χ2n) is 5.23. The van der Waals surface area contributed by atoms with Crippen LogP contribution in [-0.2, 0) is 0 Å². The van der Waals surface area contributed by atoms with Crippen molar-refractivity contribution in [2.75, 3.05) is 5.73 Å². The van der Waals surface area contributed by atoms with Gasteiger partial charge in [-0.3, -0.25) is 4.98 Å². The highest BCUT2D eigenvalue weighted by molar-refractivity contribution is 5.55. The Kier molecular flexibility index (Phi) is 3.74. The van der Waals surface area contributed by atoms with Gasteiger partial charge in [0.25, 0.3) is 0 Å². The number of aromatic nitrogens is 4. The predicted molar refractivity (Wildman–Crippen MR) is 84.6 cm³/mol. The standard InChI is InChI=1S/C16H17N5O/c1-10(2)16-20-9-14(21-16)13-7-11(5-6-18-13)22-12-3-4-15(17)19-8-12/h3-10H,1-2H3,(H2,17,19)(H,20,21). The highest BCUT2D eigenvalue weighted by Crippen LogP contribution is 2.25. The molecule has 0 spiro atoms. The predicted octanol–water partition coefficient (Wildman–Crippen LogP) is 3.36. The number of aromatic amines is 1. The molecule has 3 N–H and O–H groups in total. The van der Waals surface area contributed by atoms with Crippen molar-refractivity contribution in [1.29, 1.82) is 0 Å². The van der Waals surface area contributed by atoms with Crippen LogP contribution in [-0.4, -0.2) is 19.9 Å². The summed E-state index contributed by atoms with van der Waals surface area (Å²) in [5.74, 6) is 3.04. The molecule has 0 fully saturated rings. The zero-order chi connectivity index (χ0) is 15.5. The number of ether oxygens (including phenoxy) is 1. The third-order valence-corrected chi connectivity index (χ3v) is 3.14. The molecule has 3 rings (SSSR count). The molecule has 112 valence electrons. The first kappa shape index (κ1) is 14.1. The number of imidazole rings is 1. The summed E-state index contributed by atoms with van der Waals surface area (Å²) in [6, 6.07) is 7.12. The molecule has 3 heterocycles. The lowest BCUT2D eigenvalue weighted by molar-refractivity contribution is 0.480. The molecule has 3 aromatic heterocycles. The maximum atomic E-state index is 5.76. The summed E-state index contributed by atoms with van der Waals surface area (Å²) in [4.78, 5) is 16.0. The van der Waals surface area contributed by atoms with Crippen molar-refractivity contribution in [3.05, 3.63) is 48.7 Å². The molecule has 3 aromatic rings. The molecule has 6 nitrogen and oxygen atoms in total. The summed E-state index contributed by atoms with van der Waals surface area (Å²) in [6.07, 6.45) is 5.07. The Morgan fingerprint density at radius 3 is 2.59 bits per heavy atom. The molecule has 0 saturated carbocycles. The zero-order valence-corrected chi connectivity index (χ0v) is 12.4. The van der Waals surface area contributed by atoms with Crippen LogP contribution in [0, 0.1) is 0 Å². The summed E-state index contributed by atoms with van der Waals surface area (Å²) in [7, 11) is 0. The molecule has 0 saturated heterocycles. The lowest BCUT2D eigenvalue weighted by atomic mass is 10.2. The highest BCUT2D eigenvalue weighted by atomic mass is 16.5. The van der Waals surface area contributed by atoms with Crippen molar-refractivity contribution in [2.24, 2.45) is 0 Å². The molecule has 0 aliphatic rings. The van der Waals surface area contributed by atoms with Crippen LogP contribution in [0.1, 0.15) is 25.6 Å². The number of rotatable bonds is 4. The second kappa shape index (κ2) is 5.85. The first-order chi connectivity index (χ1) is 10.6. The maximum absolute atomic E-state index is 5.76. The number of nitrogens with one attached hydrogen (secondary N) is 1. The van der Waals surface area contributed by atoms with E-state index in [-0.39, 0.29) is 0 Å². The molecule has 0 unspecified atom stereocenters. The van der Waals surface area contributed by atoms with E-state index in [4.69, 9.17) is 10.5 Å². The van der Waals surface area contributed by atoms with Crippen LogP contribution in [0.25, 0.3) is 11.4 Å². The third-order valence-electron chi connectivity index (χ3n) is 3.14. The molecule has 22 heavy (non-hydrogen) atoms. The van der Waals surface area contributed by atoms with Crippen molar-refractivity contribution in [3.8, 4) is 22.9 Å². The van der Waals surface area contributed by atoms with E-state index in [2.05, 4.69) is 33.8 Å². The van der Waals surface area contributed by atoms with Crippen LogP contribution in [0.3, 0.4) is 0 Å². The summed E-state index contributed by atoms with van der Waals surface area (Å²) in [5, 5.41) is 0. The van der Waals surface area contributed by atoms with Gasteiger partial charge in [-0.25, -0.2) is 9.97 Å². The average Bonchev–Trinajstić information content (AvgIpc) is 3.00. The smallest absolute Gasteiger partial charge is 0.145 e. The minimum atomic E-state index is 0.342. The van der Waals surface area contributed by atoms with E-state index in [1.54, 1.807) is 36.8 Å². The fourth-order valence-corrected chi connectivity index (χ4v) is 1.97. The zero-order valence-electron chi connectivity index (χ0n) is 12.4. The van der Waals surface area contributed by atoms with Crippen molar-refractivity contribution >= 4 is 5.82 Å². The number of anilines is 1. The van der Waals surface area contributed by atoms with Crippen LogP contribution in [0.5, 0.6) is 11.5 Å². The van der Waals surface area contributed by atoms with Gasteiger partial charge in [-0.05, 0) is 18.2 Å². The first-order valence-electron chi connectivity index (χ1n) is 7.02. The van der Waals surface area contributed by atoms with Gasteiger partial charge in [0.05, 0.1) is 23.8 Å². The molecule has 0 aromatic carbocycles. The Hall–Kier alpha value is -2.89. The monoisotopic (exact) mass is 295 g/mol. The fraction of sp³-hybridized carbons (Fsp3) is 0.188. The first-order valence-corrected chi connectivity index (χ1v) is 7.02. The van der Waals surface area contributed by atoms with E-state index in [0.717, 1.165) is 17.2 Å². The third kappa shape index (κ3) is 3.06. The summed E-state index contributed by atoms with van der Waals surface area (Å²) in [6.45, 7) is 4.17. The van der Waals surface area contributed by atoms with Crippen LogP contribution in [0.15, 0.2) is 42.9 Å². The van der Waals surface area contributed by atoms with E-state index < -0.39 is 0 Å². The second-order valence-corrected chi connectivity index (χ2v) is 5.23. The average molecular weight is 295 g/mol. The molecular weight excluding hydrogens is 278 g/mol. The minimum Gasteiger partial charge on any atom is -0.456 e. The molecule has 6 heteroatoms. The minimum absolute atomic E-state index is 0.342. The van der Waals surface area contributed by atoms with E-state index in [1.165, 1.54) is 0 Å². The number of hydrogen-bond donors (Lipinski definition) is 2. The lowest BCUT2D eigenvalue weighted by Gasteiger charge is -2.06. The van der Waals surface area contributed by atoms with E-state index in [9.17, 15) is 0 Å². The molecule has 0 radical (unpaired) electrons. The molecule has 0 amide bonds. The summed E-state index contributed by atoms with van der Waals surface area (Å²) in [5.41, 5.74) is 7.20. The Labute approximate surface area is 128 Å². The van der Waals surface area contributed by atoms with Crippen molar-refractivity contribution in [2.45, 2.75) is 19.8 Å². The van der Waals surface area contributed by atoms with Crippen molar-refractivity contribution < 1.29 is 4.74 Å². The van der Waals surface area contributed by atoms with Gasteiger partial charge < -0.3 is 15.5 Å². The van der Waals surface area contributed by atoms with Crippen LogP contribution >= 0.6 is 0 Å². The van der Waals surface area contributed by atoms with Crippen LogP contribution in [0.4, 0.5) is 5.82 Å². The van der Waals surface area contributed by atoms with E-state index >= 15 is 0 Å². The fourth-order valence-electron chi connectivity index (χ4n) is 1.97. The van der Waals surface area contributed by atoms with Gasteiger partial charge in [-0.15, -0.1) is 0 Å². The van der Waals surface area contributed by atoms with Crippen LogP contribution in [0.2, 0.25) is 0 Å². The molecule has 0 aliphatic carbocycles. The molecule has 0 aliphatic heterocycles. The summed E-state index contributed by atoms with van der Waals surface area (Å²) >= 11 is 0. The largest absolute Gasteiger partial charge is 0.456 e. The number of hydrogen-bond acceptors (Lipinski definition) is 5. The van der Waals surface area contributed by atoms with Gasteiger partial charge in [0.2, 0.25) is 0 Å². The Balaban J connectivity index is 1.84. The number of nitrogens with zero attached hydrogens (tertiary/aromatic N) is 3. The van der Waals surface area contributed by atoms with Gasteiger partial charge >= 0.3 is 0 Å². The lowest BCUT2D eigenvalue weighted by Crippen LogP contribution is -1.92. The molecular formula is C16H17N5O. The molecule has 0 atom stereocenters. The van der Waals surface area contributed by atoms with Crippen molar-refractivity contribution in [3.63, 3.8) is 0 Å². The Morgan fingerprint density at radius 1 is 1.05 bits per heavy atom. The normalized spacial score (nSPS) is 10.9. The number of nitrogens with two attached hydrogens (primary N) is 1. The van der Waals surface area contributed by atoms with Gasteiger partial charge in [-0.1, -0.05) is 13.8 Å². The number of pyridine rings is 2. The Bertz CT molecular complexity index is 764. The van der Waals surface area contributed by atoms with Crippen LogP contribution < -0.4 is 10.5 Å². The SMILES string of the molecule is CC(C)c1ncc(-c2cc(Oc3ccc(N)nc3)ccn2)[nH]1. The molecule has 0 bridgehead atoms. The van der Waals surface area contributed by atoms with Gasteiger partial charge in [-0.2, -0.15) is 0 Å². The highest BCUT2D eigenvalue weighted by Gasteiger charge is 2.08. The van der Waals surface area contributed by atoms with Gasteiger partial charge in [0.15, 0.2) is 0 Å². The quantitative estimate of drug-likeness (QED) is 0.770. The Morgan fingerprint density at radius 2 is 1.91 bits per heavy atom. The van der Waals surface area contributed by atoms with Gasteiger partial charge in [0, 0.05) is 18.2 Å². The van der Waals surface area contributed by atoms with E-state index in [0.29, 0.717) is 23.2 Å². The number of nitrogen functional groups attached to an aromatic ring is 1. The van der Waals surface area contributed by atoms with Crippen molar-refractivity contribution in [1.82, 2.24) is 19.9 Å².